The Balaban J connectivity index is 1.91. The number of H-pyrrole nitrogens is 1. The van der Waals surface area contributed by atoms with Gasteiger partial charge in [-0.3, -0.25) is 4.90 Å². The maximum absolute atomic E-state index is 12.7. The molecule has 7 nitrogen and oxygen atoms in total. The highest BCUT2D eigenvalue weighted by atomic mass is 32.2. The third-order valence-electron chi connectivity index (χ3n) is 3.88. The van der Waals surface area contributed by atoms with Gasteiger partial charge in [-0.1, -0.05) is 13.8 Å². The predicted molar refractivity (Wildman–Crippen MR) is 86.5 cm³/mol. The molecular weight excluding hydrogens is 302 g/mol. The van der Waals surface area contributed by atoms with Crippen LogP contribution >= 0.6 is 0 Å². The van der Waals surface area contributed by atoms with Gasteiger partial charge in [-0.2, -0.15) is 17.0 Å². The lowest BCUT2D eigenvalue weighted by Crippen LogP contribution is -2.53. The van der Waals surface area contributed by atoms with E-state index in [9.17, 15) is 8.42 Å². The second-order valence-electron chi connectivity index (χ2n) is 5.66. The van der Waals surface area contributed by atoms with Crippen LogP contribution in [0.5, 0.6) is 0 Å². The summed E-state index contributed by atoms with van der Waals surface area (Å²) in [7, 11) is -3.31. The van der Waals surface area contributed by atoms with Crippen molar-refractivity contribution in [1.29, 1.82) is 0 Å². The van der Waals surface area contributed by atoms with Crippen LogP contribution in [0.2, 0.25) is 0 Å². The Morgan fingerprint density at radius 2 is 1.82 bits per heavy atom. The van der Waals surface area contributed by atoms with Gasteiger partial charge in [0.25, 0.3) is 10.2 Å². The number of aromatic amines is 1. The molecule has 1 aliphatic heterocycles. The predicted octanol–water partition coefficient (Wildman–Crippen LogP) is 0.894. The van der Waals surface area contributed by atoms with Crippen LogP contribution in [0.4, 0.5) is 0 Å². The molecule has 0 spiro atoms. The number of imidazole rings is 1. The van der Waals surface area contributed by atoms with Crippen LogP contribution in [-0.2, 0) is 16.8 Å². The fourth-order valence-corrected chi connectivity index (χ4v) is 4.51. The van der Waals surface area contributed by atoms with E-state index in [1.54, 1.807) is 14.9 Å². The molecular formula is C14H27N5O2S. The second kappa shape index (κ2) is 8.05. The van der Waals surface area contributed by atoms with Crippen molar-refractivity contribution < 1.29 is 8.42 Å². The van der Waals surface area contributed by atoms with Gasteiger partial charge < -0.3 is 4.98 Å². The third-order valence-corrected chi connectivity index (χ3v) is 5.91. The van der Waals surface area contributed by atoms with Crippen LogP contribution in [0.1, 0.15) is 32.4 Å². The van der Waals surface area contributed by atoms with Crippen molar-refractivity contribution in [2.45, 2.75) is 33.2 Å². The van der Waals surface area contributed by atoms with E-state index in [1.807, 2.05) is 20.0 Å². The van der Waals surface area contributed by atoms with E-state index in [0.29, 0.717) is 26.2 Å². The number of piperazine rings is 1. The van der Waals surface area contributed by atoms with Crippen molar-refractivity contribution in [1.82, 2.24) is 23.5 Å². The maximum Gasteiger partial charge on any atom is 0.282 e. The SMILES string of the molecule is CCCN(CCC)S(=O)(=O)N1CCN(Cc2cnc[nH]2)CC1. The molecule has 1 aromatic heterocycles. The molecule has 1 N–H and O–H groups in total. The zero-order valence-corrected chi connectivity index (χ0v) is 14.3. The summed E-state index contributed by atoms with van der Waals surface area (Å²) in [6.07, 6.45) is 5.18. The minimum atomic E-state index is -3.31. The fourth-order valence-electron chi connectivity index (χ4n) is 2.74. The summed E-state index contributed by atoms with van der Waals surface area (Å²) >= 11 is 0. The first-order chi connectivity index (χ1) is 10.6. The van der Waals surface area contributed by atoms with Gasteiger partial charge in [-0.05, 0) is 12.8 Å². The summed E-state index contributed by atoms with van der Waals surface area (Å²) in [4.78, 5) is 9.35. The van der Waals surface area contributed by atoms with Crippen LogP contribution in [0.15, 0.2) is 12.5 Å². The molecule has 0 aromatic carbocycles. The average Bonchev–Trinajstić information content (AvgIpc) is 3.00. The smallest absolute Gasteiger partial charge is 0.282 e. The highest BCUT2D eigenvalue weighted by Gasteiger charge is 2.31. The molecule has 126 valence electrons. The van der Waals surface area contributed by atoms with Crippen LogP contribution < -0.4 is 0 Å². The molecule has 0 atom stereocenters. The minimum Gasteiger partial charge on any atom is -0.347 e. The second-order valence-corrected chi connectivity index (χ2v) is 7.59. The van der Waals surface area contributed by atoms with Crippen molar-refractivity contribution in [3.05, 3.63) is 18.2 Å². The van der Waals surface area contributed by atoms with E-state index in [2.05, 4.69) is 14.9 Å². The molecule has 1 fully saturated rings. The van der Waals surface area contributed by atoms with Crippen molar-refractivity contribution in [3.63, 3.8) is 0 Å². The average molecular weight is 329 g/mol. The normalized spacial score (nSPS) is 18.1. The summed E-state index contributed by atoms with van der Waals surface area (Å²) in [5, 5.41) is 0. The first-order valence-corrected chi connectivity index (χ1v) is 9.42. The number of nitrogens with zero attached hydrogens (tertiary/aromatic N) is 4. The topological polar surface area (TPSA) is 72.5 Å². The molecule has 2 heterocycles. The summed E-state index contributed by atoms with van der Waals surface area (Å²) in [6, 6.07) is 0. The first-order valence-electron chi connectivity index (χ1n) is 8.02. The van der Waals surface area contributed by atoms with Gasteiger partial charge in [-0.25, -0.2) is 4.98 Å². The number of hydrogen-bond donors (Lipinski definition) is 1. The van der Waals surface area contributed by atoms with Crippen LogP contribution in [-0.4, -0.2) is 71.2 Å². The molecule has 0 amide bonds. The van der Waals surface area contributed by atoms with Gasteiger partial charge in [0.05, 0.1) is 6.33 Å². The highest BCUT2D eigenvalue weighted by Crippen LogP contribution is 2.14. The lowest BCUT2D eigenvalue weighted by molar-refractivity contribution is 0.173. The summed E-state index contributed by atoms with van der Waals surface area (Å²) in [5.41, 5.74) is 1.06. The molecule has 1 aromatic rings. The Morgan fingerprint density at radius 3 is 2.32 bits per heavy atom. The summed E-state index contributed by atoms with van der Waals surface area (Å²) in [6.45, 7) is 8.65. The largest absolute Gasteiger partial charge is 0.347 e. The molecule has 0 radical (unpaired) electrons. The number of nitrogens with one attached hydrogen (secondary N) is 1. The molecule has 1 saturated heterocycles. The molecule has 22 heavy (non-hydrogen) atoms. The van der Waals surface area contributed by atoms with E-state index < -0.39 is 10.2 Å². The lowest BCUT2D eigenvalue weighted by atomic mass is 10.3. The number of rotatable bonds is 8. The van der Waals surface area contributed by atoms with Crippen LogP contribution in [0.25, 0.3) is 0 Å². The van der Waals surface area contributed by atoms with Crippen molar-refractivity contribution >= 4 is 10.2 Å². The highest BCUT2D eigenvalue weighted by molar-refractivity contribution is 7.86. The quantitative estimate of drug-likeness (QED) is 0.769. The van der Waals surface area contributed by atoms with E-state index in [1.165, 1.54) is 0 Å². The third kappa shape index (κ3) is 4.28. The minimum absolute atomic E-state index is 0.556. The van der Waals surface area contributed by atoms with Gasteiger partial charge >= 0.3 is 0 Å². The van der Waals surface area contributed by atoms with Gasteiger partial charge in [-0.15, -0.1) is 0 Å². The van der Waals surface area contributed by atoms with E-state index in [-0.39, 0.29) is 0 Å². The van der Waals surface area contributed by atoms with Crippen molar-refractivity contribution in [3.8, 4) is 0 Å². The van der Waals surface area contributed by atoms with Crippen molar-refractivity contribution in [2.75, 3.05) is 39.3 Å². The van der Waals surface area contributed by atoms with Gasteiger partial charge in [0, 0.05) is 57.7 Å². The zero-order chi connectivity index (χ0) is 16.0. The van der Waals surface area contributed by atoms with E-state index >= 15 is 0 Å². The Labute approximate surface area is 133 Å². The summed E-state index contributed by atoms with van der Waals surface area (Å²) < 4.78 is 28.7. The Kier molecular flexibility index (Phi) is 6.37. The van der Waals surface area contributed by atoms with Gasteiger partial charge in [0.2, 0.25) is 0 Å². The van der Waals surface area contributed by atoms with Crippen LogP contribution in [0.3, 0.4) is 0 Å². The van der Waals surface area contributed by atoms with Crippen LogP contribution in [0, 0.1) is 0 Å². The number of hydrogen-bond acceptors (Lipinski definition) is 4. The molecule has 0 unspecified atom stereocenters. The molecule has 8 heteroatoms. The summed E-state index contributed by atoms with van der Waals surface area (Å²) in [5.74, 6) is 0. The van der Waals surface area contributed by atoms with Gasteiger partial charge in [0.1, 0.15) is 0 Å². The number of aromatic nitrogens is 2. The van der Waals surface area contributed by atoms with Crippen molar-refractivity contribution in [2.24, 2.45) is 0 Å². The molecule has 1 aliphatic rings. The Bertz CT molecular complexity index is 517. The standard InChI is InChI=1S/C14H27N5O2S/c1-3-5-18(6-4-2)22(20,21)19-9-7-17(8-10-19)12-14-11-15-13-16-14/h11,13H,3-10,12H2,1-2H3,(H,15,16). The molecule has 0 saturated carbocycles. The monoisotopic (exact) mass is 329 g/mol. The Hall–Kier alpha value is -0.960. The zero-order valence-electron chi connectivity index (χ0n) is 13.5. The lowest BCUT2D eigenvalue weighted by Gasteiger charge is -2.36. The van der Waals surface area contributed by atoms with E-state index in [4.69, 9.17) is 0 Å². The fraction of sp³-hybridized carbons (Fsp3) is 0.786. The van der Waals surface area contributed by atoms with Gasteiger partial charge in [0.15, 0.2) is 0 Å². The first kappa shape index (κ1) is 17.4. The Morgan fingerprint density at radius 1 is 1.18 bits per heavy atom. The maximum atomic E-state index is 12.7. The van der Waals surface area contributed by atoms with E-state index in [0.717, 1.165) is 38.2 Å². The molecule has 0 bridgehead atoms. The molecule has 2 rings (SSSR count). The molecule has 0 aliphatic carbocycles.